The molecule has 0 aliphatic carbocycles. The van der Waals surface area contributed by atoms with Crippen LogP contribution in [-0.4, -0.2) is 9.97 Å². The third-order valence-corrected chi connectivity index (χ3v) is 15.5. The van der Waals surface area contributed by atoms with E-state index in [1.54, 1.807) is 0 Å². The molecular weight excluding hydrogens is 877 g/mol. The zero-order chi connectivity index (χ0) is 46.8. The Bertz CT molecular complexity index is 4360. The molecule has 2 heterocycles. The zero-order valence-corrected chi connectivity index (χ0v) is 39.4. The summed E-state index contributed by atoms with van der Waals surface area (Å²) in [5.74, 6) is 0.700. The molecule has 0 aliphatic heterocycles. The Balaban J connectivity index is 0.873. The van der Waals surface area contributed by atoms with Crippen molar-refractivity contribution < 1.29 is 0 Å². The number of hydrogen-bond donors (Lipinski definition) is 0. The van der Waals surface area contributed by atoms with Crippen LogP contribution < -0.4 is 0 Å². The molecule has 71 heavy (non-hydrogen) atoms. The average Bonchev–Trinajstić information content (AvgIpc) is 3.84. The number of aromatic nitrogens is 2. The molecule has 14 aromatic rings. The predicted octanol–water partition coefficient (Wildman–Crippen LogP) is 19.1. The summed E-state index contributed by atoms with van der Waals surface area (Å²) in [4.78, 5) is 10.5. The molecule has 3 heteroatoms. The zero-order valence-electron chi connectivity index (χ0n) is 38.6. The number of thiophene rings is 1. The highest BCUT2D eigenvalue weighted by Gasteiger charge is 2.20. The number of benzene rings is 12. The van der Waals surface area contributed by atoms with Gasteiger partial charge in [0.1, 0.15) is 0 Å². The van der Waals surface area contributed by atoms with Crippen LogP contribution in [0, 0.1) is 0 Å². The van der Waals surface area contributed by atoms with Gasteiger partial charge in [-0.3, -0.25) is 0 Å². The van der Waals surface area contributed by atoms with Crippen LogP contribution >= 0.6 is 11.3 Å². The molecule has 0 spiro atoms. The van der Waals surface area contributed by atoms with Gasteiger partial charge in [0, 0.05) is 36.9 Å². The van der Waals surface area contributed by atoms with Crippen LogP contribution in [0.3, 0.4) is 0 Å². The van der Waals surface area contributed by atoms with E-state index in [9.17, 15) is 0 Å². The van der Waals surface area contributed by atoms with Crippen molar-refractivity contribution in [2.24, 2.45) is 0 Å². The van der Waals surface area contributed by atoms with Gasteiger partial charge >= 0.3 is 0 Å². The van der Waals surface area contributed by atoms with Crippen molar-refractivity contribution in [1.82, 2.24) is 9.97 Å². The number of fused-ring (bicyclic) bond motifs is 8. The highest BCUT2D eigenvalue weighted by molar-refractivity contribution is 7.26. The van der Waals surface area contributed by atoms with Gasteiger partial charge in [0.15, 0.2) is 5.82 Å². The van der Waals surface area contributed by atoms with Crippen LogP contribution in [0.4, 0.5) is 0 Å². The first-order chi connectivity index (χ1) is 35.2. The Morgan fingerprint density at radius 1 is 0.268 bits per heavy atom. The van der Waals surface area contributed by atoms with Crippen molar-refractivity contribution in [1.29, 1.82) is 0 Å². The minimum absolute atomic E-state index is 0.700. The van der Waals surface area contributed by atoms with E-state index in [-0.39, 0.29) is 0 Å². The Hall–Kier alpha value is -9.02. The second-order valence-corrected chi connectivity index (χ2v) is 19.4. The second kappa shape index (κ2) is 16.9. The monoisotopic (exact) mass is 918 g/mol. The largest absolute Gasteiger partial charge is 0.228 e. The lowest BCUT2D eigenvalue weighted by Crippen LogP contribution is -1.97. The topological polar surface area (TPSA) is 25.8 Å². The first-order valence-electron chi connectivity index (χ1n) is 24.2. The van der Waals surface area contributed by atoms with E-state index in [0.717, 1.165) is 39.0 Å². The lowest BCUT2D eigenvalue weighted by atomic mass is 9.83. The summed E-state index contributed by atoms with van der Waals surface area (Å²) in [7, 11) is 0. The second-order valence-electron chi connectivity index (χ2n) is 18.3. The Morgan fingerprint density at radius 3 is 1.54 bits per heavy atom. The smallest absolute Gasteiger partial charge is 0.160 e. The Kier molecular flexibility index (Phi) is 9.75. The van der Waals surface area contributed by atoms with Crippen LogP contribution in [0.2, 0.25) is 0 Å². The maximum absolute atomic E-state index is 5.30. The molecule has 0 unspecified atom stereocenters. The highest BCUT2D eigenvalue weighted by Crippen LogP contribution is 2.47. The van der Waals surface area contributed by atoms with Gasteiger partial charge < -0.3 is 0 Å². The third-order valence-electron chi connectivity index (χ3n) is 14.3. The van der Waals surface area contributed by atoms with E-state index in [4.69, 9.17) is 9.97 Å². The Labute approximate surface area is 415 Å². The fraction of sp³-hybridized carbons (Fsp3) is 0. The quantitative estimate of drug-likeness (QED) is 0.118. The van der Waals surface area contributed by atoms with Crippen LogP contribution in [0.5, 0.6) is 0 Å². The summed E-state index contributed by atoms with van der Waals surface area (Å²) >= 11 is 1.86. The lowest BCUT2D eigenvalue weighted by molar-refractivity contribution is 1.18. The summed E-state index contributed by atoms with van der Waals surface area (Å²) < 4.78 is 2.62. The van der Waals surface area contributed by atoms with E-state index in [1.807, 2.05) is 17.4 Å². The summed E-state index contributed by atoms with van der Waals surface area (Å²) in [6.45, 7) is 0. The molecular formula is C68H42N2S. The molecule has 14 rings (SSSR count). The fourth-order valence-electron chi connectivity index (χ4n) is 11.0. The summed E-state index contributed by atoms with van der Waals surface area (Å²) in [5.41, 5.74) is 14.6. The van der Waals surface area contributed by atoms with Crippen LogP contribution in [-0.2, 0) is 0 Å². The fourth-order valence-corrected chi connectivity index (χ4v) is 12.2. The normalized spacial score (nSPS) is 11.7. The molecule has 0 aliphatic rings. The molecule has 0 saturated carbocycles. The van der Waals surface area contributed by atoms with Crippen LogP contribution in [0.1, 0.15) is 0 Å². The van der Waals surface area contributed by atoms with Crippen molar-refractivity contribution in [3.05, 3.63) is 255 Å². The van der Waals surface area contributed by atoms with E-state index >= 15 is 0 Å². The van der Waals surface area contributed by atoms with Gasteiger partial charge in [-0.2, -0.15) is 0 Å². The van der Waals surface area contributed by atoms with Gasteiger partial charge in [0.2, 0.25) is 0 Å². The third kappa shape index (κ3) is 6.93. The molecule has 0 amide bonds. The van der Waals surface area contributed by atoms with Crippen molar-refractivity contribution >= 4 is 74.6 Å². The van der Waals surface area contributed by atoms with Crippen molar-refractivity contribution in [3.8, 4) is 78.4 Å². The van der Waals surface area contributed by atoms with Gasteiger partial charge in [0.25, 0.3) is 0 Å². The number of rotatable bonds is 7. The van der Waals surface area contributed by atoms with Crippen LogP contribution in [0.15, 0.2) is 255 Å². The van der Waals surface area contributed by atoms with Gasteiger partial charge in [-0.05, 0) is 99.7 Å². The average molecular weight is 919 g/mol. The highest BCUT2D eigenvalue weighted by atomic mass is 32.1. The first-order valence-corrected chi connectivity index (χ1v) is 25.0. The molecule has 0 N–H and O–H groups in total. The molecule has 2 nitrogen and oxygen atoms in total. The summed E-state index contributed by atoms with van der Waals surface area (Å²) in [6, 6.07) is 92.4. The van der Waals surface area contributed by atoms with Crippen molar-refractivity contribution in [3.63, 3.8) is 0 Å². The maximum Gasteiger partial charge on any atom is 0.160 e. The molecule has 0 bridgehead atoms. The van der Waals surface area contributed by atoms with Gasteiger partial charge in [0.05, 0.1) is 11.4 Å². The van der Waals surface area contributed by atoms with Gasteiger partial charge in [-0.15, -0.1) is 11.3 Å². The number of hydrogen-bond acceptors (Lipinski definition) is 3. The lowest BCUT2D eigenvalue weighted by Gasteiger charge is -2.19. The summed E-state index contributed by atoms with van der Waals surface area (Å²) in [5, 5.41) is 12.5. The molecule has 0 atom stereocenters. The van der Waals surface area contributed by atoms with E-state index in [0.29, 0.717) is 5.82 Å². The molecule has 2 aromatic heterocycles. The molecule has 0 fully saturated rings. The van der Waals surface area contributed by atoms with Gasteiger partial charge in [-0.25, -0.2) is 9.97 Å². The van der Waals surface area contributed by atoms with E-state index < -0.39 is 0 Å². The van der Waals surface area contributed by atoms with Crippen molar-refractivity contribution in [2.75, 3.05) is 0 Å². The van der Waals surface area contributed by atoms with E-state index in [2.05, 4.69) is 249 Å². The summed E-state index contributed by atoms with van der Waals surface area (Å²) in [6.07, 6.45) is 0. The first kappa shape index (κ1) is 41.0. The number of nitrogens with zero attached hydrogens (tertiary/aromatic N) is 2. The van der Waals surface area contributed by atoms with Crippen LogP contribution in [0.25, 0.3) is 142 Å². The van der Waals surface area contributed by atoms with Crippen molar-refractivity contribution in [2.45, 2.75) is 0 Å². The minimum Gasteiger partial charge on any atom is -0.228 e. The molecule has 0 saturated heterocycles. The molecule has 0 radical (unpaired) electrons. The van der Waals surface area contributed by atoms with E-state index in [1.165, 1.54) is 96.8 Å². The molecule has 12 aromatic carbocycles. The van der Waals surface area contributed by atoms with Gasteiger partial charge in [-0.1, -0.05) is 243 Å². The standard InChI is InChI=1S/C68H42N2S/c1-3-17-47(18-4-1)65-58-26-12-11-25-57(58)64(60-39-38-43-16-7-8-21-51(43)66(60)65)48-36-32-44(33-37-48)50-40-41-55(54-23-10-9-22-53(50)54)62-42-61(69-68(70-62)49-19-5-2-6-20-49)46-34-30-45(31-35-46)52-27-15-28-59-56-24-13-14-29-63(56)71-67(52)59/h1-42H. The predicted molar refractivity (Wildman–Crippen MR) is 303 cm³/mol. The SMILES string of the molecule is c1ccc(-c2nc(-c3ccc(-c4cccc5c4sc4ccccc45)cc3)cc(-c3ccc(-c4ccc(-c5c6ccccc6c(-c6ccccc6)c6c5ccc5ccccc56)cc4)c4ccccc34)n2)cc1. The Morgan fingerprint density at radius 2 is 0.789 bits per heavy atom. The minimum atomic E-state index is 0.700. The maximum atomic E-state index is 5.30. The molecule has 330 valence electrons.